The molecule has 24 heavy (non-hydrogen) atoms. The third kappa shape index (κ3) is 3.80. The maximum absolute atomic E-state index is 12.7. The topological polar surface area (TPSA) is 83.5 Å². The number of amides is 1. The van der Waals surface area contributed by atoms with E-state index < -0.39 is 32.5 Å². The number of carbonyl (C=O) groups excluding carboxylic acids is 1. The van der Waals surface area contributed by atoms with Crippen LogP contribution in [0.3, 0.4) is 0 Å². The smallest absolute Gasteiger partial charge is 0.341 e. The summed E-state index contributed by atoms with van der Waals surface area (Å²) in [6.07, 6.45) is -0.965. The second-order valence-electron chi connectivity index (χ2n) is 5.00. The predicted molar refractivity (Wildman–Crippen MR) is 86.0 cm³/mol. The molecule has 0 saturated heterocycles. The first-order valence-electron chi connectivity index (χ1n) is 6.86. The van der Waals surface area contributed by atoms with Gasteiger partial charge in [-0.05, 0) is 36.1 Å². The number of aliphatic hydroxyl groups excluding tert-OH is 1. The van der Waals surface area contributed by atoms with E-state index >= 15 is 0 Å². The van der Waals surface area contributed by atoms with Crippen LogP contribution in [0.2, 0.25) is 0 Å². The zero-order valence-corrected chi connectivity index (χ0v) is 14.2. The van der Waals surface area contributed by atoms with Crippen LogP contribution in [0.1, 0.15) is 26.9 Å². The Morgan fingerprint density at radius 1 is 1.29 bits per heavy atom. The first kappa shape index (κ1) is 18.5. The molecule has 9 heteroatoms. The fourth-order valence-electron chi connectivity index (χ4n) is 2.10. The van der Waals surface area contributed by atoms with E-state index in [4.69, 9.17) is 0 Å². The van der Waals surface area contributed by atoms with Gasteiger partial charge in [0.15, 0.2) is 0 Å². The fourth-order valence-corrected chi connectivity index (χ4v) is 3.94. The summed E-state index contributed by atoms with van der Waals surface area (Å²) in [5.74, 6) is -4.46. The number of hydrogen-bond donors (Lipinski definition) is 2. The molecule has 0 saturated carbocycles. The molecule has 2 N–H and O–H groups in total. The van der Waals surface area contributed by atoms with E-state index in [2.05, 4.69) is 5.32 Å². The third-order valence-electron chi connectivity index (χ3n) is 3.33. The van der Waals surface area contributed by atoms with Crippen LogP contribution in [0, 0.1) is 6.92 Å². The van der Waals surface area contributed by atoms with E-state index in [1.54, 1.807) is 12.3 Å². The Kier molecular flexibility index (Phi) is 5.68. The highest BCUT2D eigenvalue weighted by atomic mass is 32.2. The van der Waals surface area contributed by atoms with E-state index in [9.17, 15) is 27.1 Å². The monoisotopic (exact) mass is 375 g/mol. The minimum Gasteiger partial charge on any atom is -0.386 e. The van der Waals surface area contributed by atoms with Crippen LogP contribution in [-0.4, -0.2) is 31.7 Å². The number of thiophene rings is 1. The second kappa shape index (κ2) is 7.37. The number of aryl methyl sites for hydroxylation is 1. The summed E-state index contributed by atoms with van der Waals surface area (Å²) >= 11 is 1.32. The molecule has 1 atom stereocenters. The molecule has 0 aliphatic heterocycles. The minimum absolute atomic E-state index is 0.163. The van der Waals surface area contributed by atoms with Crippen LogP contribution in [0.5, 0.6) is 0 Å². The summed E-state index contributed by atoms with van der Waals surface area (Å²) in [6.45, 7) is 1.64. The number of sulfone groups is 1. The van der Waals surface area contributed by atoms with Crippen LogP contribution < -0.4 is 5.32 Å². The summed E-state index contributed by atoms with van der Waals surface area (Å²) in [5, 5.41) is 14.2. The van der Waals surface area contributed by atoms with E-state index in [-0.39, 0.29) is 12.1 Å². The van der Waals surface area contributed by atoms with Crippen molar-refractivity contribution in [2.75, 3.05) is 6.54 Å². The molecule has 1 aromatic carbocycles. The molecule has 0 bridgehead atoms. The fraction of sp³-hybridized carbons (Fsp3) is 0.267. The molecular formula is C15H15F2NO4S2. The number of halogens is 2. The Labute approximate surface area is 141 Å². The van der Waals surface area contributed by atoms with Gasteiger partial charge in [-0.2, -0.15) is 8.78 Å². The lowest BCUT2D eigenvalue weighted by Crippen LogP contribution is -2.30. The van der Waals surface area contributed by atoms with Crippen LogP contribution in [0.15, 0.2) is 40.6 Å². The molecule has 0 aliphatic rings. The lowest BCUT2D eigenvalue weighted by molar-refractivity contribution is 0.0914. The van der Waals surface area contributed by atoms with Gasteiger partial charge in [-0.25, -0.2) is 8.42 Å². The molecule has 0 spiro atoms. The first-order chi connectivity index (χ1) is 11.2. The predicted octanol–water partition coefficient (Wildman–Crippen LogP) is 2.52. The molecule has 0 radical (unpaired) electrons. The summed E-state index contributed by atoms with van der Waals surface area (Å²) in [5.41, 5.74) is 0.482. The highest BCUT2D eigenvalue weighted by Gasteiger charge is 2.30. The highest BCUT2D eigenvalue weighted by Crippen LogP contribution is 2.24. The molecule has 2 rings (SSSR count). The Hall–Kier alpha value is -1.84. The number of hydrogen-bond acceptors (Lipinski definition) is 5. The average molecular weight is 375 g/mol. The number of nitrogens with one attached hydrogen (secondary N) is 1. The quantitative estimate of drug-likeness (QED) is 0.813. The van der Waals surface area contributed by atoms with Crippen molar-refractivity contribution in [2.45, 2.75) is 23.7 Å². The van der Waals surface area contributed by atoms with Gasteiger partial charge in [0.25, 0.3) is 5.91 Å². The number of benzene rings is 1. The summed E-state index contributed by atoms with van der Waals surface area (Å²) in [6, 6.07) is 6.55. The Morgan fingerprint density at radius 3 is 2.54 bits per heavy atom. The second-order valence-corrected chi connectivity index (χ2v) is 7.83. The zero-order valence-electron chi connectivity index (χ0n) is 12.6. The molecule has 1 aromatic heterocycles. The van der Waals surface area contributed by atoms with Gasteiger partial charge in [0.1, 0.15) is 6.10 Å². The molecule has 5 nitrogen and oxygen atoms in total. The maximum atomic E-state index is 12.7. The zero-order chi connectivity index (χ0) is 17.9. The standard InChI is InChI=1S/C15H15F2NO4S2/c1-9-6-7-23-13(9)11(19)8-18-14(20)10-4-2-3-5-12(10)24(21,22)15(16)17/h2-7,11,15,19H,8H2,1H3,(H,18,20)/t11-/m1/s1. The number of aliphatic hydroxyl groups is 1. The van der Waals surface area contributed by atoms with Crippen LogP contribution in [0.4, 0.5) is 8.78 Å². The molecule has 2 aromatic rings. The molecule has 0 unspecified atom stereocenters. The van der Waals surface area contributed by atoms with E-state index in [1.165, 1.54) is 23.5 Å². The highest BCUT2D eigenvalue weighted by molar-refractivity contribution is 7.91. The largest absolute Gasteiger partial charge is 0.386 e. The van der Waals surface area contributed by atoms with Crippen molar-refractivity contribution in [2.24, 2.45) is 0 Å². The van der Waals surface area contributed by atoms with E-state index in [1.807, 2.05) is 6.07 Å². The third-order valence-corrected chi connectivity index (χ3v) is 5.89. The van der Waals surface area contributed by atoms with Crippen molar-refractivity contribution >= 4 is 27.1 Å². The molecule has 0 aliphatic carbocycles. The van der Waals surface area contributed by atoms with Gasteiger partial charge < -0.3 is 10.4 Å². The van der Waals surface area contributed by atoms with Crippen LogP contribution in [-0.2, 0) is 9.84 Å². The Morgan fingerprint density at radius 2 is 1.96 bits per heavy atom. The molecule has 0 fully saturated rings. The van der Waals surface area contributed by atoms with Crippen molar-refractivity contribution in [3.05, 3.63) is 51.7 Å². The summed E-state index contributed by atoms with van der Waals surface area (Å²) in [7, 11) is -4.90. The van der Waals surface area contributed by atoms with Crippen LogP contribution >= 0.6 is 11.3 Å². The number of carbonyl (C=O) groups is 1. The van der Waals surface area contributed by atoms with Gasteiger partial charge in [0.05, 0.1) is 10.5 Å². The van der Waals surface area contributed by atoms with Gasteiger partial charge in [-0.3, -0.25) is 4.79 Å². The number of rotatable bonds is 6. The molecular weight excluding hydrogens is 360 g/mol. The Bertz CT molecular complexity index is 834. The van der Waals surface area contributed by atoms with Gasteiger partial charge in [0, 0.05) is 11.4 Å². The normalized spacial score (nSPS) is 13.0. The minimum atomic E-state index is -4.90. The maximum Gasteiger partial charge on any atom is 0.341 e. The van der Waals surface area contributed by atoms with Crippen molar-refractivity contribution in [1.82, 2.24) is 5.32 Å². The molecule has 130 valence electrons. The van der Waals surface area contributed by atoms with Gasteiger partial charge in [-0.1, -0.05) is 12.1 Å². The van der Waals surface area contributed by atoms with E-state index in [0.29, 0.717) is 4.88 Å². The van der Waals surface area contributed by atoms with Crippen LogP contribution in [0.25, 0.3) is 0 Å². The van der Waals surface area contributed by atoms with Crippen molar-refractivity contribution < 1.29 is 27.1 Å². The summed E-state index contributed by atoms with van der Waals surface area (Å²) < 4.78 is 48.8. The lowest BCUT2D eigenvalue weighted by Gasteiger charge is -2.13. The van der Waals surface area contributed by atoms with Gasteiger partial charge >= 0.3 is 5.76 Å². The van der Waals surface area contributed by atoms with Crippen molar-refractivity contribution in [1.29, 1.82) is 0 Å². The number of alkyl halides is 2. The Balaban J connectivity index is 2.18. The van der Waals surface area contributed by atoms with E-state index in [0.717, 1.165) is 17.7 Å². The lowest BCUT2D eigenvalue weighted by atomic mass is 10.2. The first-order valence-corrected chi connectivity index (χ1v) is 9.29. The van der Waals surface area contributed by atoms with Gasteiger partial charge in [0.2, 0.25) is 9.84 Å². The van der Waals surface area contributed by atoms with Crippen molar-refractivity contribution in [3.63, 3.8) is 0 Å². The van der Waals surface area contributed by atoms with Crippen molar-refractivity contribution in [3.8, 4) is 0 Å². The molecule has 1 heterocycles. The SMILES string of the molecule is Cc1ccsc1[C@H](O)CNC(=O)c1ccccc1S(=O)(=O)C(F)F. The average Bonchev–Trinajstić information content (AvgIpc) is 2.98. The molecule has 1 amide bonds. The summed E-state index contributed by atoms with van der Waals surface area (Å²) in [4.78, 5) is 12.1. The van der Waals surface area contributed by atoms with Gasteiger partial charge in [-0.15, -0.1) is 11.3 Å².